The first kappa shape index (κ1) is 18.9. The van der Waals surface area contributed by atoms with Crippen molar-refractivity contribution in [3.8, 4) is 11.5 Å². The van der Waals surface area contributed by atoms with Gasteiger partial charge in [-0.05, 0) is 49.9 Å². The summed E-state index contributed by atoms with van der Waals surface area (Å²) in [6.45, 7) is 5.89. The highest BCUT2D eigenvalue weighted by Crippen LogP contribution is 2.39. The highest BCUT2D eigenvalue weighted by molar-refractivity contribution is 6.06. The molecule has 0 saturated carbocycles. The number of fused-ring (bicyclic) bond motifs is 2. The Hall–Kier alpha value is -3.09. The number of carbonyl (C=O) groups excluding carboxylic acids is 1. The SMILES string of the molecule is CCc1cc(C(=O)N2CCC[C@H]2c2ccc3c(c2)OCCCO3)c2c(C)noc2n1. The number of likely N-dealkylation sites (tertiary alicyclic amines) is 1. The van der Waals surface area contributed by atoms with Crippen LogP contribution in [0, 0.1) is 6.92 Å². The normalized spacial score (nSPS) is 18.6. The first-order valence-corrected chi connectivity index (χ1v) is 10.6. The molecule has 30 heavy (non-hydrogen) atoms. The van der Waals surface area contributed by atoms with Crippen molar-refractivity contribution >= 4 is 17.0 Å². The van der Waals surface area contributed by atoms with Crippen LogP contribution in [0.2, 0.25) is 0 Å². The van der Waals surface area contributed by atoms with Crippen LogP contribution in [0.1, 0.15) is 59.5 Å². The summed E-state index contributed by atoms with van der Waals surface area (Å²) in [6, 6.07) is 7.93. The average molecular weight is 407 g/mol. The minimum Gasteiger partial charge on any atom is -0.490 e. The van der Waals surface area contributed by atoms with Crippen molar-refractivity contribution in [3.63, 3.8) is 0 Å². The van der Waals surface area contributed by atoms with Crippen LogP contribution in [-0.4, -0.2) is 40.7 Å². The number of hydrogen-bond acceptors (Lipinski definition) is 6. The Bertz CT molecular complexity index is 1110. The van der Waals surface area contributed by atoms with Crippen LogP contribution in [0.5, 0.6) is 11.5 Å². The van der Waals surface area contributed by atoms with Crippen LogP contribution in [-0.2, 0) is 6.42 Å². The van der Waals surface area contributed by atoms with Gasteiger partial charge in [0.05, 0.1) is 35.9 Å². The second-order valence-corrected chi connectivity index (χ2v) is 7.88. The average Bonchev–Trinajstić information content (AvgIpc) is 3.33. The van der Waals surface area contributed by atoms with E-state index in [1.807, 2.05) is 43.0 Å². The summed E-state index contributed by atoms with van der Waals surface area (Å²) in [5.74, 6) is 1.53. The molecule has 0 N–H and O–H groups in total. The van der Waals surface area contributed by atoms with Gasteiger partial charge < -0.3 is 18.9 Å². The van der Waals surface area contributed by atoms with E-state index in [0.29, 0.717) is 42.1 Å². The minimum absolute atomic E-state index is 0.00184. The minimum atomic E-state index is -0.00184. The van der Waals surface area contributed by atoms with E-state index < -0.39 is 0 Å². The standard InChI is InChI=1S/C23H25N3O4/c1-3-16-13-17(21-14(2)25-30-22(21)24-16)23(27)26-9-4-6-18(26)15-7-8-19-20(12-15)29-11-5-10-28-19/h7-8,12-13,18H,3-6,9-11H2,1-2H3/t18-/m0/s1. The topological polar surface area (TPSA) is 77.7 Å². The molecule has 2 aliphatic heterocycles. The van der Waals surface area contributed by atoms with Gasteiger partial charge in [0.2, 0.25) is 0 Å². The Morgan fingerprint density at radius 3 is 2.83 bits per heavy atom. The van der Waals surface area contributed by atoms with E-state index in [-0.39, 0.29) is 11.9 Å². The van der Waals surface area contributed by atoms with Crippen LogP contribution in [0.15, 0.2) is 28.8 Å². The van der Waals surface area contributed by atoms with Crippen LogP contribution in [0.4, 0.5) is 0 Å². The molecule has 5 rings (SSSR count). The zero-order chi connectivity index (χ0) is 20.7. The smallest absolute Gasteiger partial charge is 0.258 e. The van der Waals surface area contributed by atoms with Crippen molar-refractivity contribution in [1.82, 2.24) is 15.0 Å². The van der Waals surface area contributed by atoms with E-state index in [0.717, 1.165) is 48.4 Å². The Balaban J connectivity index is 1.52. The third-order valence-corrected chi connectivity index (χ3v) is 5.93. The predicted molar refractivity (Wildman–Crippen MR) is 111 cm³/mol. The Morgan fingerprint density at radius 1 is 1.17 bits per heavy atom. The van der Waals surface area contributed by atoms with Crippen molar-refractivity contribution in [2.24, 2.45) is 0 Å². The number of hydrogen-bond donors (Lipinski definition) is 0. The molecule has 1 fully saturated rings. The van der Waals surface area contributed by atoms with E-state index in [1.165, 1.54) is 0 Å². The zero-order valence-electron chi connectivity index (χ0n) is 17.3. The molecule has 0 radical (unpaired) electrons. The van der Waals surface area contributed by atoms with Crippen LogP contribution in [0.3, 0.4) is 0 Å². The van der Waals surface area contributed by atoms with Crippen molar-refractivity contribution < 1.29 is 18.8 Å². The first-order valence-electron chi connectivity index (χ1n) is 10.6. The molecule has 1 atom stereocenters. The molecule has 3 aromatic rings. The fourth-order valence-corrected chi connectivity index (χ4v) is 4.39. The predicted octanol–water partition coefficient (Wildman–Crippen LogP) is 4.23. The molecule has 156 valence electrons. The van der Waals surface area contributed by atoms with Gasteiger partial charge in [-0.2, -0.15) is 0 Å². The van der Waals surface area contributed by atoms with Crippen molar-refractivity contribution in [1.29, 1.82) is 0 Å². The fraction of sp³-hybridized carbons (Fsp3) is 0.435. The van der Waals surface area contributed by atoms with Gasteiger partial charge in [-0.15, -0.1) is 0 Å². The lowest BCUT2D eigenvalue weighted by molar-refractivity contribution is 0.0737. The van der Waals surface area contributed by atoms with Gasteiger partial charge in [0.15, 0.2) is 11.5 Å². The summed E-state index contributed by atoms with van der Waals surface area (Å²) >= 11 is 0. The lowest BCUT2D eigenvalue weighted by Crippen LogP contribution is -2.31. The fourth-order valence-electron chi connectivity index (χ4n) is 4.39. The molecule has 0 unspecified atom stereocenters. The maximum Gasteiger partial charge on any atom is 0.258 e. The zero-order valence-corrected chi connectivity index (χ0v) is 17.3. The molecule has 2 aliphatic rings. The largest absolute Gasteiger partial charge is 0.490 e. The monoisotopic (exact) mass is 407 g/mol. The molecule has 0 bridgehead atoms. The Kier molecular flexibility index (Phi) is 4.81. The van der Waals surface area contributed by atoms with E-state index in [4.69, 9.17) is 14.0 Å². The number of amides is 1. The second kappa shape index (κ2) is 7.63. The molecule has 1 aromatic carbocycles. The number of aryl methyl sites for hydroxylation is 2. The van der Waals surface area contributed by atoms with Gasteiger partial charge in [0, 0.05) is 18.7 Å². The first-order chi connectivity index (χ1) is 14.7. The summed E-state index contributed by atoms with van der Waals surface area (Å²) in [6.07, 6.45) is 3.47. The lowest BCUT2D eigenvalue weighted by Gasteiger charge is -2.26. The number of pyridine rings is 1. The maximum absolute atomic E-state index is 13.7. The number of nitrogens with zero attached hydrogens (tertiary/aromatic N) is 3. The van der Waals surface area contributed by atoms with Gasteiger partial charge in [-0.25, -0.2) is 4.98 Å². The molecule has 0 spiro atoms. The third-order valence-electron chi connectivity index (χ3n) is 5.93. The van der Waals surface area contributed by atoms with Crippen molar-refractivity contribution in [3.05, 3.63) is 46.8 Å². The summed E-state index contributed by atoms with van der Waals surface area (Å²) < 4.78 is 17.0. The molecule has 1 saturated heterocycles. The van der Waals surface area contributed by atoms with E-state index in [1.54, 1.807) is 0 Å². The molecule has 0 aliphatic carbocycles. The molecule has 1 amide bonds. The summed E-state index contributed by atoms with van der Waals surface area (Å²) in [5, 5.41) is 4.75. The highest BCUT2D eigenvalue weighted by atomic mass is 16.5. The number of rotatable bonds is 3. The number of ether oxygens (including phenoxy) is 2. The van der Waals surface area contributed by atoms with E-state index in [9.17, 15) is 4.79 Å². The lowest BCUT2D eigenvalue weighted by atomic mass is 10.0. The number of carbonyl (C=O) groups is 1. The Labute approximate surface area is 175 Å². The van der Waals surface area contributed by atoms with Gasteiger partial charge >= 0.3 is 0 Å². The van der Waals surface area contributed by atoms with Gasteiger partial charge in [-0.1, -0.05) is 18.1 Å². The van der Waals surface area contributed by atoms with Crippen LogP contribution >= 0.6 is 0 Å². The molecule has 7 heteroatoms. The second-order valence-electron chi connectivity index (χ2n) is 7.88. The molecule has 2 aromatic heterocycles. The van der Waals surface area contributed by atoms with E-state index in [2.05, 4.69) is 10.1 Å². The number of aromatic nitrogens is 2. The molecular formula is C23H25N3O4. The van der Waals surface area contributed by atoms with Gasteiger partial charge in [0.25, 0.3) is 11.6 Å². The maximum atomic E-state index is 13.7. The van der Waals surface area contributed by atoms with Crippen molar-refractivity contribution in [2.75, 3.05) is 19.8 Å². The van der Waals surface area contributed by atoms with Crippen molar-refractivity contribution in [2.45, 2.75) is 45.6 Å². The summed E-state index contributed by atoms with van der Waals surface area (Å²) in [5.41, 5.74) is 3.65. The van der Waals surface area contributed by atoms with Crippen LogP contribution < -0.4 is 9.47 Å². The molecule has 7 nitrogen and oxygen atoms in total. The third kappa shape index (κ3) is 3.18. The quantitative estimate of drug-likeness (QED) is 0.647. The Morgan fingerprint density at radius 2 is 2.00 bits per heavy atom. The van der Waals surface area contributed by atoms with E-state index >= 15 is 0 Å². The highest BCUT2D eigenvalue weighted by Gasteiger charge is 2.33. The molecular weight excluding hydrogens is 382 g/mol. The molecule has 4 heterocycles. The number of benzene rings is 1. The summed E-state index contributed by atoms with van der Waals surface area (Å²) in [4.78, 5) is 20.1. The van der Waals surface area contributed by atoms with Gasteiger partial charge in [-0.3, -0.25) is 4.79 Å². The van der Waals surface area contributed by atoms with Crippen LogP contribution in [0.25, 0.3) is 11.1 Å². The van der Waals surface area contributed by atoms with Gasteiger partial charge in [0.1, 0.15) is 0 Å². The summed E-state index contributed by atoms with van der Waals surface area (Å²) in [7, 11) is 0.